The summed E-state index contributed by atoms with van der Waals surface area (Å²) >= 11 is 3.09. The van der Waals surface area contributed by atoms with E-state index in [1.54, 1.807) is 23.3 Å². The second kappa shape index (κ2) is 27.7. The second-order valence-electron chi connectivity index (χ2n) is 11.4. The Morgan fingerprint density at radius 3 is 1.13 bits per heavy atom. The van der Waals surface area contributed by atoms with Crippen LogP contribution in [0.4, 0.5) is 18.8 Å². The van der Waals surface area contributed by atoms with Gasteiger partial charge < -0.3 is 0 Å². The van der Waals surface area contributed by atoms with Crippen molar-refractivity contribution in [3.8, 4) is 0 Å². The SMILES string of the molecule is Cc1ccc[c-]1C.F.F.F.F.[SiH2]=[Zr+2].[Zr+2]=[CH]Cc1ccccc1.c1cc[cH-]c1.c1ccc2c(c1)[cH-]c1ccccc12.c1ccc2c(c1)[cH-]c1ccccc12. The molecule has 0 atom stereocenters. The Labute approximate surface area is 342 Å². The summed E-state index contributed by atoms with van der Waals surface area (Å²) in [6, 6.07) is 65.4. The summed E-state index contributed by atoms with van der Waals surface area (Å²) in [5, 5.41) is 10.8. The van der Waals surface area contributed by atoms with Crippen molar-refractivity contribution in [3.63, 3.8) is 0 Å². The molecule has 0 nitrogen and oxygen atoms in total. The number of halogens is 4. The molecule has 0 aliphatic carbocycles. The van der Waals surface area contributed by atoms with Crippen molar-refractivity contribution >= 4 is 53.7 Å². The Morgan fingerprint density at radius 2 is 0.868 bits per heavy atom. The average Bonchev–Trinajstić information content (AvgIpc) is 3.99. The fourth-order valence-electron chi connectivity index (χ4n) is 5.46. The van der Waals surface area contributed by atoms with Gasteiger partial charge in [-0.25, -0.2) is 24.3 Å². The first-order valence-electron chi connectivity index (χ1n) is 16.4. The third kappa shape index (κ3) is 15.2. The van der Waals surface area contributed by atoms with E-state index in [1.165, 1.54) is 84.0 Å². The van der Waals surface area contributed by atoms with Crippen LogP contribution in [0.25, 0.3) is 43.1 Å². The first kappa shape index (κ1) is 49.1. The molecule has 0 aliphatic rings. The molecule has 7 heteroatoms. The summed E-state index contributed by atoms with van der Waals surface area (Å²) in [5.74, 6) is 0. The van der Waals surface area contributed by atoms with Gasteiger partial charge in [0.05, 0.1) is 0 Å². The van der Waals surface area contributed by atoms with E-state index in [0.717, 1.165) is 6.42 Å². The van der Waals surface area contributed by atoms with Crippen LogP contribution in [0.5, 0.6) is 0 Å². The summed E-state index contributed by atoms with van der Waals surface area (Å²) in [6.45, 7) is 6.19. The summed E-state index contributed by atoms with van der Waals surface area (Å²) in [5.41, 5.74) is 4.19. The smallest absolute Gasteiger partial charge is 0.0771 e. The van der Waals surface area contributed by atoms with E-state index in [-0.39, 0.29) is 18.8 Å². The first-order chi connectivity index (χ1) is 24.1. The van der Waals surface area contributed by atoms with Gasteiger partial charge in [-0.05, 0) is 0 Å². The molecule has 0 saturated carbocycles. The quantitative estimate of drug-likeness (QED) is 0.0922. The van der Waals surface area contributed by atoms with Crippen molar-refractivity contribution in [1.82, 2.24) is 0 Å². The van der Waals surface area contributed by atoms with Gasteiger partial charge in [0, 0.05) is 0 Å². The maximum atomic E-state index is 2.25. The Balaban J connectivity index is 0.000000640. The van der Waals surface area contributed by atoms with Crippen LogP contribution in [0.2, 0.25) is 0 Å². The molecule has 9 aromatic carbocycles. The van der Waals surface area contributed by atoms with Crippen LogP contribution in [-0.4, -0.2) is 10.6 Å². The van der Waals surface area contributed by atoms with E-state index in [0.29, 0.717) is 0 Å². The van der Waals surface area contributed by atoms with Crippen molar-refractivity contribution in [2.24, 2.45) is 0 Å². The molecule has 270 valence electrons. The third-order valence-corrected chi connectivity index (χ3v) is 8.60. The molecule has 0 N–H and O–H groups in total. The van der Waals surface area contributed by atoms with Gasteiger partial charge in [-0.1, -0.05) is 86.6 Å². The van der Waals surface area contributed by atoms with E-state index >= 15 is 0 Å². The maximum absolute atomic E-state index is 2.25. The monoisotopic (exact) mass is 882 g/mol. The van der Waals surface area contributed by atoms with Gasteiger partial charge in [-0.3, -0.25) is 18.8 Å². The van der Waals surface area contributed by atoms with Crippen LogP contribution in [0.15, 0.2) is 188 Å². The minimum absolute atomic E-state index is 0. The van der Waals surface area contributed by atoms with Gasteiger partial charge in [0.25, 0.3) is 0 Å². The van der Waals surface area contributed by atoms with Crippen LogP contribution in [0.3, 0.4) is 0 Å². The molecule has 0 amide bonds. The van der Waals surface area contributed by atoms with E-state index in [9.17, 15) is 0 Å². The van der Waals surface area contributed by atoms with E-state index in [2.05, 4.69) is 169 Å². The van der Waals surface area contributed by atoms with Crippen molar-refractivity contribution in [3.05, 3.63) is 205 Å². The molecule has 0 saturated heterocycles. The number of fused-ring (bicyclic) bond motifs is 6. The first-order valence-corrected chi connectivity index (χ1v) is 23.8. The number of aryl methyl sites for hydroxylation is 2. The van der Waals surface area contributed by atoms with Gasteiger partial charge in [0.2, 0.25) is 0 Å². The standard InChI is InChI=1S/2C13H9.C8H8.C7H9.C5H5.4FH.H2Si.2Zr/c2*1-3-7-12-10(5-1)9-11-6-2-4-8-13(11)12;1-2-8-6-4-3-5-7-8;1-6-4-3-5-7(6)2;1-2-4-5-3-1;;;;;;;/h2*1-9H;1,3-7H,2H2;3-5H,1-2H3;1-5H;4*1H;1H2;;/q2*-1;;2*-1;;;;;;2*+2. The molecule has 0 spiro atoms. The Kier molecular flexibility index (Phi) is 25.7. The Hall–Kier alpha value is -3.89. The zero-order chi connectivity index (χ0) is 34.7. The van der Waals surface area contributed by atoms with Crippen molar-refractivity contribution < 1.29 is 66.4 Å². The van der Waals surface area contributed by atoms with Crippen molar-refractivity contribution in [2.75, 3.05) is 0 Å². The molecule has 53 heavy (non-hydrogen) atoms. The minimum Gasteiger partial charge on any atom is -0.214 e. The van der Waals surface area contributed by atoms with E-state index in [4.69, 9.17) is 0 Å². The number of rotatable bonds is 2. The van der Waals surface area contributed by atoms with Gasteiger partial charge in [0.15, 0.2) is 0 Å². The summed E-state index contributed by atoms with van der Waals surface area (Å²) in [6.07, 6.45) is 1.12. The van der Waals surface area contributed by atoms with Crippen LogP contribution in [0.1, 0.15) is 16.7 Å². The molecule has 0 radical (unpaired) electrons. The zero-order valence-corrected chi connectivity index (χ0v) is 36.4. The summed E-state index contributed by atoms with van der Waals surface area (Å²) < 4.78 is 2.25. The van der Waals surface area contributed by atoms with Gasteiger partial charge in [-0.15, -0.1) is 79.5 Å². The van der Waals surface area contributed by atoms with Crippen LogP contribution >= 0.6 is 0 Å². The number of hydrogen-bond acceptors (Lipinski definition) is 0. The molecule has 0 aliphatic heterocycles. The molecule has 0 aromatic heterocycles. The topological polar surface area (TPSA) is 0 Å². The molecule has 0 bridgehead atoms. The molecular formula is C46H46F4SiZr2. The van der Waals surface area contributed by atoms with Crippen molar-refractivity contribution in [2.45, 2.75) is 20.3 Å². The molecule has 0 fully saturated rings. The predicted octanol–water partition coefficient (Wildman–Crippen LogP) is 12.1. The fraction of sp³-hybridized carbons (Fsp3) is 0.0652. The van der Waals surface area contributed by atoms with E-state index in [1.807, 2.05) is 43.3 Å². The number of hydrogen-bond donors (Lipinski definition) is 0. The van der Waals surface area contributed by atoms with Gasteiger partial charge in [-0.2, -0.15) is 35.4 Å². The summed E-state index contributed by atoms with van der Waals surface area (Å²) in [4.78, 5) is 0. The largest absolute Gasteiger partial charge is 0.214 e. The molecular weight excluding hydrogens is 839 g/mol. The Morgan fingerprint density at radius 1 is 0.509 bits per heavy atom. The molecule has 9 aromatic rings. The minimum atomic E-state index is 0. The number of benzene rings is 5. The maximum Gasteiger partial charge on any atom is -0.0771 e. The van der Waals surface area contributed by atoms with Gasteiger partial charge >= 0.3 is 100 Å². The van der Waals surface area contributed by atoms with Gasteiger partial charge in [0.1, 0.15) is 0 Å². The predicted molar refractivity (Wildman–Crippen MR) is 222 cm³/mol. The van der Waals surface area contributed by atoms with E-state index < -0.39 is 0 Å². The van der Waals surface area contributed by atoms with Crippen LogP contribution in [0, 0.1) is 13.8 Å². The fourth-order valence-corrected chi connectivity index (χ4v) is 6.04. The molecule has 9 rings (SSSR count). The van der Waals surface area contributed by atoms with Crippen LogP contribution in [-0.2, 0) is 54.0 Å². The normalized spacial score (nSPS) is 9.09. The average molecular weight is 885 g/mol. The van der Waals surface area contributed by atoms with Crippen molar-refractivity contribution in [1.29, 1.82) is 0 Å². The Bertz CT molecular complexity index is 2010. The van der Waals surface area contributed by atoms with Crippen LogP contribution < -0.4 is 0 Å². The third-order valence-electron chi connectivity index (χ3n) is 8.10. The zero-order valence-electron chi connectivity index (χ0n) is 30.0. The summed E-state index contributed by atoms with van der Waals surface area (Å²) in [7, 11) is 0. The molecule has 0 unspecified atom stereocenters. The molecule has 0 heterocycles. The second-order valence-corrected chi connectivity index (χ2v) is 12.4.